The number of para-hydroxylation sites is 1. The van der Waals surface area contributed by atoms with E-state index in [-0.39, 0.29) is 17.9 Å². The Balaban J connectivity index is 1.48. The van der Waals surface area contributed by atoms with Crippen LogP contribution in [0.5, 0.6) is 0 Å². The number of benzene rings is 2. The molecule has 0 aliphatic carbocycles. The van der Waals surface area contributed by atoms with E-state index in [0.717, 1.165) is 11.3 Å². The van der Waals surface area contributed by atoms with Gasteiger partial charge in [0, 0.05) is 38.3 Å². The van der Waals surface area contributed by atoms with E-state index in [0.29, 0.717) is 32.5 Å². The Morgan fingerprint density at radius 1 is 1.00 bits per heavy atom. The molecule has 0 atom stereocenters. The van der Waals surface area contributed by atoms with Gasteiger partial charge in [-0.25, -0.2) is 4.79 Å². The van der Waals surface area contributed by atoms with E-state index in [4.69, 9.17) is 0 Å². The minimum atomic E-state index is -0.0975. The number of nitrogens with zero attached hydrogens (tertiary/aromatic N) is 2. The van der Waals surface area contributed by atoms with Gasteiger partial charge in [-0.3, -0.25) is 4.79 Å². The van der Waals surface area contributed by atoms with Crippen LogP contribution in [-0.2, 0) is 11.3 Å². The zero-order valence-electron chi connectivity index (χ0n) is 15.1. The number of carbonyl (C=O) groups excluding carboxylic acids is 2. The van der Waals surface area contributed by atoms with Crippen LogP contribution in [0.3, 0.4) is 0 Å². The third-order valence-electron chi connectivity index (χ3n) is 4.80. The number of urea groups is 1. The highest BCUT2D eigenvalue weighted by atomic mass is 16.2. The van der Waals surface area contributed by atoms with Crippen LogP contribution >= 0.6 is 0 Å². The second-order valence-corrected chi connectivity index (χ2v) is 6.74. The number of nitrogens with one attached hydrogen (secondary N) is 1. The zero-order chi connectivity index (χ0) is 18.4. The van der Waals surface area contributed by atoms with Gasteiger partial charge in [0.15, 0.2) is 0 Å². The lowest BCUT2D eigenvalue weighted by atomic mass is 9.95. The topological polar surface area (TPSA) is 52.7 Å². The molecule has 0 aromatic heterocycles. The largest absolute Gasteiger partial charge is 0.341 e. The Labute approximate surface area is 154 Å². The summed E-state index contributed by atoms with van der Waals surface area (Å²) in [7, 11) is 1.85. The maximum absolute atomic E-state index is 12.7. The SMILES string of the molecule is CN(Cc1ccccc1)C(=O)C1CCN(C(=O)Nc2ccccc2)CC1. The van der Waals surface area contributed by atoms with E-state index in [9.17, 15) is 9.59 Å². The number of likely N-dealkylation sites (tertiary alicyclic amines) is 1. The summed E-state index contributed by atoms with van der Waals surface area (Å²) in [6.07, 6.45) is 1.42. The molecule has 5 nitrogen and oxygen atoms in total. The number of piperidine rings is 1. The van der Waals surface area contributed by atoms with Gasteiger partial charge in [-0.15, -0.1) is 0 Å². The van der Waals surface area contributed by atoms with Crippen molar-refractivity contribution in [2.45, 2.75) is 19.4 Å². The van der Waals surface area contributed by atoms with Crippen LogP contribution in [0, 0.1) is 5.92 Å². The summed E-state index contributed by atoms with van der Waals surface area (Å²) in [4.78, 5) is 28.6. The molecule has 0 unspecified atom stereocenters. The monoisotopic (exact) mass is 351 g/mol. The van der Waals surface area contributed by atoms with Crippen molar-refractivity contribution in [2.75, 3.05) is 25.5 Å². The Hall–Kier alpha value is -2.82. The summed E-state index contributed by atoms with van der Waals surface area (Å²) in [6.45, 7) is 1.83. The van der Waals surface area contributed by atoms with Crippen molar-refractivity contribution >= 4 is 17.6 Å². The van der Waals surface area contributed by atoms with Crippen molar-refractivity contribution in [2.24, 2.45) is 5.92 Å². The first-order chi connectivity index (χ1) is 12.6. The fraction of sp³-hybridized carbons (Fsp3) is 0.333. The van der Waals surface area contributed by atoms with Gasteiger partial charge < -0.3 is 15.1 Å². The first-order valence-corrected chi connectivity index (χ1v) is 9.03. The summed E-state index contributed by atoms with van der Waals surface area (Å²) >= 11 is 0. The lowest BCUT2D eigenvalue weighted by molar-refractivity contribution is -0.136. The van der Waals surface area contributed by atoms with Gasteiger partial charge in [0.2, 0.25) is 5.91 Å². The average molecular weight is 351 g/mol. The summed E-state index contributed by atoms with van der Waals surface area (Å²) in [5, 5.41) is 2.90. The number of amides is 3. The minimum Gasteiger partial charge on any atom is -0.341 e. The van der Waals surface area contributed by atoms with Crippen molar-refractivity contribution in [3.63, 3.8) is 0 Å². The van der Waals surface area contributed by atoms with Gasteiger partial charge in [0.1, 0.15) is 0 Å². The first-order valence-electron chi connectivity index (χ1n) is 9.03. The molecule has 0 radical (unpaired) electrons. The average Bonchev–Trinajstić information content (AvgIpc) is 2.69. The molecule has 0 bridgehead atoms. The number of hydrogen-bond donors (Lipinski definition) is 1. The molecule has 1 saturated heterocycles. The molecule has 1 aliphatic heterocycles. The highest BCUT2D eigenvalue weighted by Gasteiger charge is 2.29. The van der Waals surface area contributed by atoms with E-state index in [2.05, 4.69) is 5.32 Å². The smallest absolute Gasteiger partial charge is 0.321 e. The quantitative estimate of drug-likeness (QED) is 0.915. The lowest BCUT2D eigenvalue weighted by Gasteiger charge is -2.33. The third kappa shape index (κ3) is 4.63. The van der Waals surface area contributed by atoms with Gasteiger partial charge in [-0.2, -0.15) is 0 Å². The second-order valence-electron chi connectivity index (χ2n) is 6.74. The molecular weight excluding hydrogens is 326 g/mol. The maximum atomic E-state index is 12.7. The molecule has 0 saturated carbocycles. The van der Waals surface area contributed by atoms with Crippen LogP contribution in [0.2, 0.25) is 0 Å². The number of rotatable bonds is 4. The molecule has 136 valence electrons. The second kappa shape index (κ2) is 8.52. The number of hydrogen-bond acceptors (Lipinski definition) is 2. The molecule has 1 aliphatic rings. The summed E-state index contributed by atoms with van der Waals surface area (Å²) in [6, 6.07) is 19.3. The molecule has 3 rings (SSSR count). The van der Waals surface area contributed by atoms with E-state index < -0.39 is 0 Å². The summed E-state index contributed by atoms with van der Waals surface area (Å²) < 4.78 is 0. The lowest BCUT2D eigenvalue weighted by Crippen LogP contribution is -2.44. The predicted octanol–water partition coefficient (Wildman–Crippen LogP) is 3.59. The molecule has 3 amide bonds. The van der Waals surface area contributed by atoms with E-state index >= 15 is 0 Å². The fourth-order valence-electron chi connectivity index (χ4n) is 3.30. The molecule has 1 N–H and O–H groups in total. The standard InChI is InChI=1S/C21H25N3O2/c1-23(16-17-8-4-2-5-9-17)20(25)18-12-14-24(15-13-18)21(26)22-19-10-6-3-7-11-19/h2-11,18H,12-16H2,1H3,(H,22,26). The Morgan fingerprint density at radius 3 is 2.19 bits per heavy atom. The van der Waals surface area contributed by atoms with Crippen LogP contribution in [0.15, 0.2) is 60.7 Å². The molecule has 0 spiro atoms. The zero-order valence-corrected chi connectivity index (χ0v) is 15.1. The van der Waals surface area contributed by atoms with Crippen LogP contribution < -0.4 is 5.32 Å². The Kier molecular flexibility index (Phi) is 5.89. The fourth-order valence-corrected chi connectivity index (χ4v) is 3.30. The molecule has 1 fully saturated rings. The van der Waals surface area contributed by atoms with Gasteiger partial charge >= 0.3 is 6.03 Å². The Bertz CT molecular complexity index is 725. The van der Waals surface area contributed by atoms with E-state index in [1.54, 1.807) is 9.80 Å². The molecule has 1 heterocycles. The normalized spacial score (nSPS) is 14.7. The van der Waals surface area contributed by atoms with Gasteiger partial charge in [-0.05, 0) is 30.5 Å². The third-order valence-corrected chi connectivity index (χ3v) is 4.80. The maximum Gasteiger partial charge on any atom is 0.321 e. The molecule has 2 aromatic rings. The van der Waals surface area contributed by atoms with Gasteiger partial charge in [-0.1, -0.05) is 48.5 Å². The van der Waals surface area contributed by atoms with Crippen LogP contribution in [-0.4, -0.2) is 41.9 Å². The highest BCUT2D eigenvalue weighted by Crippen LogP contribution is 2.21. The van der Waals surface area contributed by atoms with Crippen molar-refractivity contribution < 1.29 is 9.59 Å². The summed E-state index contributed by atoms with van der Waals surface area (Å²) in [5.74, 6) is 0.154. The van der Waals surface area contributed by atoms with Gasteiger partial charge in [0.25, 0.3) is 0 Å². The van der Waals surface area contributed by atoms with Crippen LogP contribution in [0.1, 0.15) is 18.4 Å². The first kappa shape index (κ1) is 18.0. The van der Waals surface area contributed by atoms with Crippen LogP contribution in [0.25, 0.3) is 0 Å². The van der Waals surface area contributed by atoms with Crippen molar-refractivity contribution in [3.05, 3.63) is 66.2 Å². The van der Waals surface area contributed by atoms with Gasteiger partial charge in [0.05, 0.1) is 0 Å². The van der Waals surface area contributed by atoms with E-state index in [1.807, 2.05) is 67.7 Å². The molecule has 26 heavy (non-hydrogen) atoms. The number of anilines is 1. The highest BCUT2D eigenvalue weighted by molar-refractivity contribution is 5.89. The van der Waals surface area contributed by atoms with Crippen molar-refractivity contribution in [1.29, 1.82) is 0 Å². The molecule has 2 aromatic carbocycles. The molecular formula is C21H25N3O2. The molecule has 5 heteroatoms. The van der Waals surface area contributed by atoms with E-state index in [1.165, 1.54) is 0 Å². The Morgan fingerprint density at radius 2 is 1.58 bits per heavy atom. The van der Waals surface area contributed by atoms with Crippen molar-refractivity contribution in [1.82, 2.24) is 9.80 Å². The minimum absolute atomic E-state index is 0.00973. The predicted molar refractivity (Wildman–Crippen MR) is 103 cm³/mol. The van der Waals surface area contributed by atoms with Crippen molar-refractivity contribution in [3.8, 4) is 0 Å². The number of carbonyl (C=O) groups is 2. The van der Waals surface area contributed by atoms with Crippen LogP contribution in [0.4, 0.5) is 10.5 Å². The summed E-state index contributed by atoms with van der Waals surface area (Å²) in [5.41, 5.74) is 1.92.